The van der Waals surface area contributed by atoms with Crippen LogP contribution in [0.25, 0.3) is 0 Å². The van der Waals surface area contributed by atoms with E-state index in [1.807, 2.05) is 19.1 Å². The van der Waals surface area contributed by atoms with Crippen LogP contribution in [0.1, 0.15) is 21.5 Å². The molecular formula is C16H14F3NO2. The number of carbonyl (C=O) groups excluding carboxylic acids is 1. The zero-order valence-corrected chi connectivity index (χ0v) is 11.8. The van der Waals surface area contributed by atoms with E-state index < -0.39 is 6.36 Å². The molecule has 0 spiro atoms. The molecular weight excluding hydrogens is 295 g/mol. The van der Waals surface area contributed by atoms with E-state index in [0.29, 0.717) is 11.1 Å². The van der Waals surface area contributed by atoms with Gasteiger partial charge in [-0.25, -0.2) is 0 Å². The molecule has 2 aromatic rings. The van der Waals surface area contributed by atoms with Crippen LogP contribution in [-0.2, 0) is 6.54 Å². The van der Waals surface area contributed by atoms with Crippen molar-refractivity contribution in [3.8, 4) is 5.75 Å². The van der Waals surface area contributed by atoms with Gasteiger partial charge in [0.25, 0.3) is 5.91 Å². The first kappa shape index (κ1) is 15.9. The molecule has 6 heteroatoms. The smallest absolute Gasteiger partial charge is 0.406 e. The number of aryl methyl sites for hydroxylation is 1. The van der Waals surface area contributed by atoms with Crippen molar-refractivity contribution in [3.63, 3.8) is 0 Å². The van der Waals surface area contributed by atoms with E-state index in [1.165, 1.54) is 24.3 Å². The number of hydrogen-bond donors (Lipinski definition) is 1. The van der Waals surface area contributed by atoms with Crippen molar-refractivity contribution in [2.45, 2.75) is 19.8 Å². The van der Waals surface area contributed by atoms with Gasteiger partial charge in [-0.3, -0.25) is 4.79 Å². The molecule has 2 aromatic carbocycles. The number of rotatable bonds is 4. The Kier molecular flexibility index (Phi) is 4.70. The normalized spacial score (nSPS) is 11.1. The first-order chi connectivity index (χ1) is 10.3. The predicted octanol–water partition coefficient (Wildman–Crippen LogP) is 3.82. The molecule has 22 heavy (non-hydrogen) atoms. The zero-order valence-electron chi connectivity index (χ0n) is 11.8. The Hall–Kier alpha value is -2.50. The Bertz CT molecular complexity index is 634. The second kappa shape index (κ2) is 6.51. The van der Waals surface area contributed by atoms with Crippen LogP contribution in [0.4, 0.5) is 13.2 Å². The monoisotopic (exact) mass is 309 g/mol. The summed E-state index contributed by atoms with van der Waals surface area (Å²) >= 11 is 0. The number of ether oxygens (including phenoxy) is 1. The highest BCUT2D eigenvalue weighted by Gasteiger charge is 2.30. The number of nitrogens with one attached hydrogen (secondary N) is 1. The van der Waals surface area contributed by atoms with Crippen LogP contribution in [0.15, 0.2) is 48.5 Å². The molecule has 0 saturated heterocycles. The van der Waals surface area contributed by atoms with Gasteiger partial charge in [0.1, 0.15) is 5.75 Å². The molecule has 1 amide bonds. The fourth-order valence-corrected chi connectivity index (χ4v) is 1.80. The van der Waals surface area contributed by atoms with E-state index in [0.717, 1.165) is 5.56 Å². The van der Waals surface area contributed by atoms with E-state index >= 15 is 0 Å². The summed E-state index contributed by atoms with van der Waals surface area (Å²) in [5.74, 6) is -0.531. The highest BCUT2D eigenvalue weighted by atomic mass is 19.4. The molecule has 0 saturated carbocycles. The van der Waals surface area contributed by atoms with Crippen LogP contribution in [0.5, 0.6) is 5.75 Å². The minimum absolute atomic E-state index is 0.221. The summed E-state index contributed by atoms with van der Waals surface area (Å²) < 4.78 is 39.9. The standard InChI is InChI=1S/C16H14F3NO2/c1-11-2-6-13(7-3-11)15(21)20-10-12-4-8-14(9-5-12)22-16(17,18)19/h2-9H,10H2,1H3,(H,20,21). The number of carbonyl (C=O) groups is 1. The summed E-state index contributed by atoms with van der Waals surface area (Å²) in [5, 5.41) is 2.70. The van der Waals surface area contributed by atoms with Crippen LogP contribution in [-0.4, -0.2) is 12.3 Å². The third-order valence-electron chi connectivity index (χ3n) is 2.92. The van der Waals surface area contributed by atoms with Gasteiger partial charge in [0.15, 0.2) is 0 Å². The van der Waals surface area contributed by atoms with Gasteiger partial charge in [-0.05, 0) is 36.8 Å². The van der Waals surface area contributed by atoms with E-state index in [1.54, 1.807) is 12.1 Å². The molecule has 0 heterocycles. The second-order valence-corrected chi connectivity index (χ2v) is 4.74. The van der Waals surface area contributed by atoms with Gasteiger partial charge >= 0.3 is 6.36 Å². The van der Waals surface area contributed by atoms with E-state index in [9.17, 15) is 18.0 Å². The van der Waals surface area contributed by atoms with Crippen LogP contribution in [0.2, 0.25) is 0 Å². The van der Waals surface area contributed by atoms with Crippen molar-refractivity contribution in [1.82, 2.24) is 5.32 Å². The maximum absolute atomic E-state index is 12.0. The fraction of sp³-hybridized carbons (Fsp3) is 0.188. The lowest BCUT2D eigenvalue weighted by Gasteiger charge is -2.10. The highest BCUT2D eigenvalue weighted by Crippen LogP contribution is 2.22. The Morgan fingerprint density at radius 1 is 1.05 bits per heavy atom. The molecule has 0 aliphatic rings. The number of halogens is 3. The van der Waals surface area contributed by atoms with Crippen molar-refractivity contribution < 1.29 is 22.7 Å². The van der Waals surface area contributed by atoms with Crippen LogP contribution < -0.4 is 10.1 Å². The molecule has 3 nitrogen and oxygen atoms in total. The van der Waals surface area contributed by atoms with E-state index in [-0.39, 0.29) is 18.2 Å². The number of alkyl halides is 3. The largest absolute Gasteiger partial charge is 0.573 e. The maximum Gasteiger partial charge on any atom is 0.573 e. The summed E-state index contributed by atoms with van der Waals surface area (Å²) in [4.78, 5) is 11.9. The quantitative estimate of drug-likeness (QED) is 0.932. The fourth-order valence-electron chi connectivity index (χ4n) is 1.80. The molecule has 0 unspecified atom stereocenters. The number of benzene rings is 2. The van der Waals surface area contributed by atoms with Crippen molar-refractivity contribution in [3.05, 3.63) is 65.2 Å². The van der Waals surface area contributed by atoms with Gasteiger partial charge in [-0.2, -0.15) is 0 Å². The molecule has 0 aliphatic carbocycles. The maximum atomic E-state index is 12.0. The van der Waals surface area contributed by atoms with Gasteiger partial charge < -0.3 is 10.1 Å². The average molecular weight is 309 g/mol. The SMILES string of the molecule is Cc1ccc(C(=O)NCc2ccc(OC(F)(F)F)cc2)cc1. The molecule has 0 aliphatic heterocycles. The van der Waals surface area contributed by atoms with Crippen LogP contribution in [0, 0.1) is 6.92 Å². The van der Waals surface area contributed by atoms with Gasteiger partial charge in [0.05, 0.1) is 0 Å². The van der Waals surface area contributed by atoms with E-state index in [4.69, 9.17) is 0 Å². The molecule has 1 N–H and O–H groups in total. The van der Waals surface area contributed by atoms with Crippen molar-refractivity contribution in [2.75, 3.05) is 0 Å². The Morgan fingerprint density at radius 3 is 2.18 bits per heavy atom. The minimum atomic E-state index is -4.71. The third-order valence-corrected chi connectivity index (χ3v) is 2.92. The Labute approximate surface area is 125 Å². The average Bonchev–Trinajstić information content (AvgIpc) is 2.45. The van der Waals surface area contributed by atoms with Gasteiger partial charge in [0.2, 0.25) is 0 Å². The van der Waals surface area contributed by atoms with Crippen molar-refractivity contribution >= 4 is 5.91 Å². The summed E-state index contributed by atoms with van der Waals surface area (Å²) in [7, 11) is 0. The van der Waals surface area contributed by atoms with Gasteiger partial charge in [0, 0.05) is 12.1 Å². The second-order valence-electron chi connectivity index (χ2n) is 4.74. The topological polar surface area (TPSA) is 38.3 Å². The zero-order chi connectivity index (χ0) is 16.2. The van der Waals surface area contributed by atoms with E-state index in [2.05, 4.69) is 10.1 Å². The van der Waals surface area contributed by atoms with Crippen LogP contribution in [0.3, 0.4) is 0 Å². The van der Waals surface area contributed by atoms with Gasteiger partial charge in [-0.1, -0.05) is 29.8 Å². The summed E-state index contributed by atoms with van der Waals surface area (Å²) in [6.07, 6.45) is -4.71. The summed E-state index contributed by atoms with van der Waals surface area (Å²) in [5.41, 5.74) is 2.26. The summed E-state index contributed by atoms with van der Waals surface area (Å²) in [6.45, 7) is 2.14. The lowest BCUT2D eigenvalue weighted by Crippen LogP contribution is -2.22. The molecule has 0 bridgehead atoms. The van der Waals surface area contributed by atoms with Crippen LogP contribution >= 0.6 is 0 Å². The first-order valence-corrected chi connectivity index (χ1v) is 6.53. The predicted molar refractivity (Wildman–Crippen MR) is 75.5 cm³/mol. The summed E-state index contributed by atoms with van der Waals surface area (Å²) in [6, 6.07) is 12.4. The van der Waals surface area contributed by atoms with Crippen molar-refractivity contribution in [1.29, 1.82) is 0 Å². The molecule has 0 atom stereocenters. The third kappa shape index (κ3) is 4.80. The molecule has 116 valence electrons. The molecule has 2 rings (SSSR count). The lowest BCUT2D eigenvalue weighted by molar-refractivity contribution is -0.274. The molecule has 0 radical (unpaired) electrons. The molecule has 0 aromatic heterocycles. The molecule has 0 fully saturated rings. The first-order valence-electron chi connectivity index (χ1n) is 6.53. The van der Waals surface area contributed by atoms with Crippen molar-refractivity contribution in [2.24, 2.45) is 0 Å². The Morgan fingerprint density at radius 2 is 1.64 bits per heavy atom. The minimum Gasteiger partial charge on any atom is -0.406 e. The number of hydrogen-bond acceptors (Lipinski definition) is 2. The number of amides is 1. The Balaban J connectivity index is 1.91. The van der Waals surface area contributed by atoms with Gasteiger partial charge in [-0.15, -0.1) is 13.2 Å². The lowest BCUT2D eigenvalue weighted by atomic mass is 10.1. The highest BCUT2D eigenvalue weighted by molar-refractivity contribution is 5.94.